The maximum absolute atomic E-state index is 12.4. The van der Waals surface area contributed by atoms with E-state index in [1.54, 1.807) is 0 Å². The summed E-state index contributed by atoms with van der Waals surface area (Å²) in [5.74, 6) is -0.575. The normalized spacial score (nSPS) is 16.2. The largest absolute Gasteiger partial charge is 0.325 e. The van der Waals surface area contributed by atoms with Gasteiger partial charge in [-0.1, -0.05) is 52.0 Å². The highest BCUT2D eigenvalue weighted by molar-refractivity contribution is 9.10. The van der Waals surface area contributed by atoms with Crippen molar-refractivity contribution in [1.82, 2.24) is 5.32 Å². The average Bonchev–Trinajstić information content (AvgIpc) is 2.69. The van der Waals surface area contributed by atoms with E-state index in [-0.39, 0.29) is 29.9 Å². The molecule has 2 aromatic carbocycles. The van der Waals surface area contributed by atoms with Gasteiger partial charge < -0.3 is 10.6 Å². The minimum absolute atomic E-state index is 0.0966. The van der Waals surface area contributed by atoms with Gasteiger partial charge in [0.2, 0.25) is 11.8 Å². The van der Waals surface area contributed by atoms with Crippen LogP contribution in [0.3, 0.4) is 0 Å². The number of anilines is 1. The molecule has 2 N–H and O–H groups in total. The zero-order valence-corrected chi connectivity index (χ0v) is 18.5. The highest BCUT2D eigenvalue weighted by atomic mass is 79.9. The SMILES string of the molecule is Cc1cccc(NC(=O)CSC2=C(C#N)[C@@H](c3cccc(Br)c3)CC(=O)N2)c1C. The van der Waals surface area contributed by atoms with Gasteiger partial charge in [0.15, 0.2) is 0 Å². The number of halogens is 1. The lowest BCUT2D eigenvalue weighted by Gasteiger charge is -2.25. The summed E-state index contributed by atoms with van der Waals surface area (Å²) in [4.78, 5) is 24.7. The maximum atomic E-state index is 12.4. The second kappa shape index (κ2) is 9.29. The van der Waals surface area contributed by atoms with E-state index in [2.05, 4.69) is 32.6 Å². The summed E-state index contributed by atoms with van der Waals surface area (Å²) in [6.45, 7) is 3.95. The Morgan fingerprint density at radius 2 is 2.07 bits per heavy atom. The van der Waals surface area contributed by atoms with Crippen LogP contribution in [0.5, 0.6) is 0 Å². The summed E-state index contributed by atoms with van der Waals surface area (Å²) in [6.07, 6.45) is 0.206. The van der Waals surface area contributed by atoms with E-state index in [9.17, 15) is 14.9 Å². The molecule has 0 unspecified atom stereocenters. The molecule has 1 heterocycles. The minimum Gasteiger partial charge on any atom is -0.325 e. The third-order valence-corrected chi connectivity index (χ3v) is 6.34. The number of nitriles is 1. The van der Waals surface area contributed by atoms with E-state index < -0.39 is 0 Å². The van der Waals surface area contributed by atoms with Crippen molar-refractivity contribution in [2.45, 2.75) is 26.2 Å². The monoisotopic (exact) mass is 469 g/mol. The summed E-state index contributed by atoms with van der Waals surface area (Å²) >= 11 is 4.61. The van der Waals surface area contributed by atoms with Gasteiger partial charge in [-0.2, -0.15) is 5.26 Å². The van der Waals surface area contributed by atoms with E-state index in [0.717, 1.165) is 26.9 Å². The number of carbonyl (C=O) groups is 2. The first-order chi connectivity index (χ1) is 13.9. The second-order valence-corrected chi connectivity index (χ2v) is 8.70. The first kappa shape index (κ1) is 21.2. The van der Waals surface area contributed by atoms with Crippen LogP contribution in [0.15, 0.2) is 57.5 Å². The van der Waals surface area contributed by atoms with Gasteiger partial charge in [0.05, 0.1) is 22.4 Å². The molecule has 1 atom stereocenters. The third kappa shape index (κ3) is 5.08. The molecule has 29 heavy (non-hydrogen) atoms. The molecule has 3 rings (SSSR count). The molecule has 0 bridgehead atoms. The molecular formula is C22H20BrN3O2S. The van der Waals surface area contributed by atoms with Gasteiger partial charge in [0.1, 0.15) is 0 Å². The van der Waals surface area contributed by atoms with Gasteiger partial charge >= 0.3 is 0 Å². The van der Waals surface area contributed by atoms with Crippen LogP contribution in [0.25, 0.3) is 0 Å². The summed E-state index contributed by atoms with van der Waals surface area (Å²) in [7, 11) is 0. The van der Waals surface area contributed by atoms with Gasteiger partial charge in [-0.05, 0) is 48.7 Å². The van der Waals surface area contributed by atoms with Gasteiger partial charge in [0, 0.05) is 22.5 Å². The number of amides is 2. The number of aryl methyl sites for hydroxylation is 1. The van der Waals surface area contributed by atoms with Crippen LogP contribution in [0.1, 0.15) is 29.0 Å². The average molecular weight is 470 g/mol. The Balaban J connectivity index is 1.77. The number of thioether (sulfide) groups is 1. The first-order valence-corrected chi connectivity index (χ1v) is 10.9. The topological polar surface area (TPSA) is 82.0 Å². The van der Waals surface area contributed by atoms with Crippen molar-refractivity contribution in [3.63, 3.8) is 0 Å². The quantitative estimate of drug-likeness (QED) is 0.659. The van der Waals surface area contributed by atoms with Gasteiger partial charge in [-0.25, -0.2) is 0 Å². The molecule has 0 aliphatic carbocycles. The van der Waals surface area contributed by atoms with Crippen molar-refractivity contribution in [2.24, 2.45) is 0 Å². The van der Waals surface area contributed by atoms with Crippen LogP contribution >= 0.6 is 27.7 Å². The smallest absolute Gasteiger partial charge is 0.234 e. The Morgan fingerprint density at radius 1 is 1.31 bits per heavy atom. The Hall–Kier alpha value is -2.56. The van der Waals surface area contributed by atoms with Gasteiger partial charge in [-0.3, -0.25) is 9.59 Å². The molecule has 148 valence electrons. The number of allylic oxidation sites excluding steroid dienone is 1. The highest BCUT2D eigenvalue weighted by Gasteiger charge is 2.30. The zero-order chi connectivity index (χ0) is 21.0. The van der Waals surface area contributed by atoms with E-state index in [1.165, 1.54) is 11.8 Å². The minimum atomic E-state index is -0.323. The molecule has 0 saturated heterocycles. The Morgan fingerprint density at radius 3 is 2.79 bits per heavy atom. The lowest BCUT2D eigenvalue weighted by Crippen LogP contribution is -2.31. The van der Waals surface area contributed by atoms with Gasteiger partial charge in [0.25, 0.3) is 0 Å². The molecule has 0 radical (unpaired) electrons. The molecule has 1 aliphatic heterocycles. The van der Waals surface area contributed by atoms with Crippen molar-refractivity contribution in [3.8, 4) is 6.07 Å². The molecule has 0 fully saturated rings. The zero-order valence-electron chi connectivity index (χ0n) is 16.1. The summed E-state index contributed by atoms with van der Waals surface area (Å²) < 4.78 is 0.889. The van der Waals surface area contributed by atoms with Crippen molar-refractivity contribution < 1.29 is 9.59 Å². The van der Waals surface area contributed by atoms with Crippen LogP contribution in [-0.2, 0) is 9.59 Å². The summed E-state index contributed by atoms with van der Waals surface area (Å²) in [6, 6.07) is 15.6. The fourth-order valence-electron chi connectivity index (χ4n) is 3.15. The second-order valence-electron chi connectivity index (χ2n) is 6.80. The molecule has 0 spiro atoms. The van der Waals surface area contributed by atoms with Crippen LogP contribution in [0.4, 0.5) is 5.69 Å². The van der Waals surface area contributed by atoms with Crippen LogP contribution < -0.4 is 10.6 Å². The maximum Gasteiger partial charge on any atom is 0.234 e. The molecule has 2 aromatic rings. The lowest BCUT2D eigenvalue weighted by atomic mass is 9.87. The Bertz CT molecular complexity index is 1040. The van der Waals surface area contributed by atoms with E-state index in [4.69, 9.17) is 0 Å². The standard InChI is InChI=1S/C22H20BrN3O2S/c1-13-5-3-8-19(14(13)2)25-21(28)12-29-22-18(11-24)17(10-20(27)26-22)15-6-4-7-16(23)9-15/h3-9,17H,10,12H2,1-2H3,(H,25,28)(H,26,27)/t17-/m1/s1. The lowest BCUT2D eigenvalue weighted by molar-refractivity contribution is -0.121. The van der Waals surface area contributed by atoms with Crippen molar-refractivity contribution >= 4 is 45.2 Å². The summed E-state index contributed by atoms with van der Waals surface area (Å²) in [5.41, 5.74) is 4.26. The highest BCUT2D eigenvalue weighted by Crippen LogP contribution is 2.36. The predicted octanol–water partition coefficient (Wildman–Crippen LogP) is 4.78. The number of hydrogen-bond donors (Lipinski definition) is 2. The summed E-state index contributed by atoms with van der Waals surface area (Å²) in [5, 5.41) is 15.8. The van der Waals surface area contributed by atoms with Crippen molar-refractivity contribution in [2.75, 3.05) is 11.1 Å². The van der Waals surface area contributed by atoms with Crippen LogP contribution in [-0.4, -0.2) is 17.6 Å². The molecular weight excluding hydrogens is 450 g/mol. The van der Waals surface area contributed by atoms with Crippen LogP contribution in [0.2, 0.25) is 0 Å². The number of rotatable bonds is 5. The molecule has 0 saturated carbocycles. The number of nitrogens with one attached hydrogen (secondary N) is 2. The van der Waals surface area contributed by atoms with Crippen LogP contribution in [0, 0.1) is 25.2 Å². The Labute approximate surface area is 182 Å². The number of nitrogens with zero attached hydrogens (tertiary/aromatic N) is 1. The Kier molecular flexibility index (Phi) is 6.78. The predicted molar refractivity (Wildman–Crippen MR) is 119 cm³/mol. The molecule has 1 aliphatic rings. The van der Waals surface area contributed by atoms with Gasteiger partial charge in [-0.15, -0.1) is 0 Å². The van der Waals surface area contributed by atoms with E-state index >= 15 is 0 Å². The first-order valence-electron chi connectivity index (χ1n) is 9.07. The van der Waals surface area contributed by atoms with Crippen molar-refractivity contribution in [3.05, 3.63) is 74.2 Å². The number of hydrogen-bond acceptors (Lipinski definition) is 4. The number of benzene rings is 2. The molecule has 2 amide bonds. The molecule has 5 nitrogen and oxygen atoms in total. The number of carbonyl (C=O) groups excluding carboxylic acids is 2. The van der Waals surface area contributed by atoms with E-state index in [1.807, 2.05) is 56.3 Å². The van der Waals surface area contributed by atoms with Crippen molar-refractivity contribution in [1.29, 1.82) is 5.26 Å². The fraction of sp³-hybridized carbons (Fsp3) is 0.227. The van der Waals surface area contributed by atoms with E-state index in [0.29, 0.717) is 10.6 Å². The molecule has 0 aromatic heterocycles. The third-order valence-electron chi connectivity index (χ3n) is 4.83. The molecule has 7 heteroatoms. The fourth-order valence-corrected chi connectivity index (χ4v) is 4.45.